The highest BCUT2D eigenvalue weighted by molar-refractivity contribution is 7.17. The highest BCUT2D eigenvalue weighted by atomic mass is 32.1. The Balaban J connectivity index is 1.66. The lowest BCUT2D eigenvalue weighted by atomic mass is 9.72. The van der Waals surface area contributed by atoms with Gasteiger partial charge in [0.05, 0.1) is 10.4 Å². The van der Waals surface area contributed by atoms with Crippen molar-refractivity contribution in [1.29, 1.82) is 0 Å². The van der Waals surface area contributed by atoms with Crippen LogP contribution >= 0.6 is 22.7 Å². The van der Waals surface area contributed by atoms with Crippen LogP contribution in [0.5, 0.6) is 0 Å². The molecule has 1 fully saturated rings. The van der Waals surface area contributed by atoms with E-state index < -0.39 is 0 Å². The van der Waals surface area contributed by atoms with Crippen LogP contribution in [0.3, 0.4) is 0 Å². The molecule has 0 spiro atoms. The molecule has 4 rings (SSSR count). The Morgan fingerprint density at radius 3 is 2.53 bits per heavy atom. The van der Waals surface area contributed by atoms with Gasteiger partial charge in [-0.1, -0.05) is 26.8 Å². The number of hydrogen-bond donors (Lipinski definition) is 1. The maximum Gasteiger partial charge on any atom is 0.266 e. The summed E-state index contributed by atoms with van der Waals surface area (Å²) in [5.41, 5.74) is 2.16. The van der Waals surface area contributed by atoms with Gasteiger partial charge in [-0.15, -0.1) is 22.7 Å². The van der Waals surface area contributed by atoms with Gasteiger partial charge in [-0.3, -0.25) is 9.59 Å². The lowest BCUT2D eigenvalue weighted by Gasteiger charge is -2.35. The zero-order valence-electron chi connectivity index (χ0n) is 18.3. The second kappa shape index (κ2) is 8.44. The molecule has 2 aromatic heterocycles. The fraction of sp³-hybridized carbons (Fsp3) is 0.565. The molecule has 2 aliphatic rings. The number of carbonyl (C=O) groups is 2. The second-order valence-corrected chi connectivity index (χ2v) is 11.6. The Hall–Kier alpha value is -1.70. The van der Waals surface area contributed by atoms with E-state index in [2.05, 4.69) is 38.0 Å². The van der Waals surface area contributed by atoms with Crippen LogP contribution < -0.4 is 5.32 Å². The van der Waals surface area contributed by atoms with Crippen molar-refractivity contribution in [3.05, 3.63) is 38.4 Å². The fourth-order valence-electron chi connectivity index (χ4n) is 4.38. The molecule has 0 saturated carbocycles. The van der Waals surface area contributed by atoms with Crippen LogP contribution in [-0.2, 0) is 12.8 Å². The van der Waals surface area contributed by atoms with Gasteiger partial charge < -0.3 is 15.1 Å². The maximum absolute atomic E-state index is 13.6. The van der Waals surface area contributed by atoms with Crippen LogP contribution in [0.4, 0.5) is 5.00 Å². The van der Waals surface area contributed by atoms with Gasteiger partial charge >= 0.3 is 0 Å². The number of amides is 2. The molecule has 1 aliphatic carbocycles. The highest BCUT2D eigenvalue weighted by Gasteiger charge is 2.35. The van der Waals surface area contributed by atoms with Crippen molar-refractivity contribution < 1.29 is 9.59 Å². The zero-order chi connectivity index (χ0) is 21.5. The summed E-state index contributed by atoms with van der Waals surface area (Å²) < 4.78 is 0. The van der Waals surface area contributed by atoms with E-state index >= 15 is 0 Å². The van der Waals surface area contributed by atoms with Gasteiger partial charge in [0.15, 0.2) is 0 Å². The summed E-state index contributed by atoms with van der Waals surface area (Å²) in [6.45, 7) is 10.2. The van der Waals surface area contributed by atoms with Crippen LogP contribution in [0.1, 0.15) is 57.7 Å². The van der Waals surface area contributed by atoms with E-state index in [1.54, 1.807) is 11.3 Å². The molecule has 162 valence electrons. The average Bonchev–Trinajstić information content (AvgIpc) is 3.34. The van der Waals surface area contributed by atoms with E-state index in [1.807, 2.05) is 22.4 Å². The van der Waals surface area contributed by atoms with Gasteiger partial charge in [-0.25, -0.2) is 0 Å². The van der Waals surface area contributed by atoms with Crippen molar-refractivity contribution in [1.82, 2.24) is 9.80 Å². The summed E-state index contributed by atoms with van der Waals surface area (Å²) in [4.78, 5) is 32.5. The Kier molecular flexibility index (Phi) is 6.06. The van der Waals surface area contributed by atoms with E-state index in [0.29, 0.717) is 10.8 Å². The number of carbonyl (C=O) groups excluding carboxylic acids is 2. The number of fused-ring (bicyclic) bond motifs is 1. The van der Waals surface area contributed by atoms with Crippen molar-refractivity contribution in [2.45, 2.75) is 40.0 Å². The number of anilines is 1. The maximum atomic E-state index is 13.6. The first-order chi connectivity index (χ1) is 14.2. The molecule has 0 unspecified atom stereocenters. The Morgan fingerprint density at radius 1 is 1.17 bits per heavy atom. The Labute approximate surface area is 187 Å². The van der Waals surface area contributed by atoms with Crippen molar-refractivity contribution in [2.24, 2.45) is 11.3 Å². The summed E-state index contributed by atoms with van der Waals surface area (Å²) in [5, 5.41) is 5.72. The number of piperazine rings is 1. The lowest BCUT2D eigenvalue weighted by Crippen LogP contribution is -2.47. The van der Waals surface area contributed by atoms with Gasteiger partial charge in [0, 0.05) is 31.1 Å². The smallest absolute Gasteiger partial charge is 0.266 e. The number of nitrogens with one attached hydrogen (secondary N) is 1. The van der Waals surface area contributed by atoms with Crippen LogP contribution in [0.15, 0.2) is 17.5 Å². The van der Waals surface area contributed by atoms with Gasteiger partial charge in [0.1, 0.15) is 5.00 Å². The molecule has 1 saturated heterocycles. The third-order valence-corrected chi connectivity index (χ3v) is 8.50. The normalized spacial score (nSPS) is 20.1. The fourth-order valence-corrected chi connectivity index (χ4v) is 6.31. The standard InChI is InChI=1S/C23H31N3O2S2/c1-23(2,3)15-7-8-16-18(14-15)30-21(24-20(27)17-6-5-13-29-17)19(16)22(28)26-11-9-25(4)10-12-26/h5-6,13,15H,7-12,14H2,1-4H3,(H,24,27)/t15-/m1/s1. The van der Waals surface area contributed by atoms with Crippen molar-refractivity contribution in [3.63, 3.8) is 0 Å². The number of nitrogens with zero attached hydrogens (tertiary/aromatic N) is 2. The van der Waals surface area contributed by atoms with E-state index in [1.165, 1.54) is 21.8 Å². The van der Waals surface area contributed by atoms with Crippen LogP contribution in [0.2, 0.25) is 0 Å². The lowest BCUT2D eigenvalue weighted by molar-refractivity contribution is 0.0664. The first kappa shape index (κ1) is 21.5. The van der Waals surface area contributed by atoms with Crippen molar-refractivity contribution in [3.8, 4) is 0 Å². The largest absolute Gasteiger partial charge is 0.336 e. The minimum atomic E-state index is -0.122. The number of rotatable bonds is 3. The van der Waals surface area contributed by atoms with Gasteiger partial charge in [0.25, 0.3) is 11.8 Å². The molecule has 3 heterocycles. The third-order valence-electron chi connectivity index (χ3n) is 6.47. The predicted molar refractivity (Wildman–Crippen MR) is 125 cm³/mol. The molecule has 2 amide bonds. The van der Waals surface area contributed by atoms with Gasteiger partial charge in [-0.2, -0.15) is 0 Å². The molecule has 0 aromatic carbocycles. The first-order valence-electron chi connectivity index (χ1n) is 10.7. The Morgan fingerprint density at radius 2 is 1.90 bits per heavy atom. The summed E-state index contributed by atoms with van der Waals surface area (Å²) in [6.07, 6.45) is 2.99. The molecule has 7 heteroatoms. The molecular weight excluding hydrogens is 414 g/mol. The second-order valence-electron chi connectivity index (χ2n) is 9.54. The van der Waals surface area contributed by atoms with E-state index in [0.717, 1.165) is 56.0 Å². The average molecular weight is 446 g/mol. The number of likely N-dealkylation sites (N-methyl/N-ethyl adjacent to an activating group) is 1. The SMILES string of the molecule is CN1CCN(C(=O)c2c(NC(=O)c3cccs3)sc3c2CC[C@@H](C(C)(C)C)C3)CC1. The molecule has 0 radical (unpaired) electrons. The minimum absolute atomic E-state index is 0.0799. The van der Waals surface area contributed by atoms with E-state index in [-0.39, 0.29) is 17.2 Å². The number of hydrogen-bond acceptors (Lipinski definition) is 5. The third kappa shape index (κ3) is 4.34. The predicted octanol–water partition coefficient (Wildman–Crippen LogP) is 4.60. The Bertz CT molecular complexity index is 919. The van der Waals surface area contributed by atoms with E-state index in [9.17, 15) is 9.59 Å². The number of thiophene rings is 2. The van der Waals surface area contributed by atoms with Gasteiger partial charge in [-0.05, 0) is 54.7 Å². The molecule has 0 bridgehead atoms. The topological polar surface area (TPSA) is 52.6 Å². The molecule has 30 heavy (non-hydrogen) atoms. The van der Waals surface area contributed by atoms with Crippen molar-refractivity contribution in [2.75, 3.05) is 38.5 Å². The van der Waals surface area contributed by atoms with Gasteiger partial charge in [0.2, 0.25) is 0 Å². The summed E-state index contributed by atoms with van der Waals surface area (Å²) >= 11 is 3.04. The summed E-state index contributed by atoms with van der Waals surface area (Å²) in [6, 6.07) is 3.70. The minimum Gasteiger partial charge on any atom is -0.336 e. The molecule has 2 aromatic rings. The zero-order valence-corrected chi connectivity index (χ0v) is 19.9. The van der Waals surface area contributed by atoms with Crippen molar-refractivity contribution >= 4 is 39.5 Å². The summed E-state index contributed by atoms with van der Waals surface area (Å²) in [7, 11) is 2.09. The quantitative estimate of drug-likeness (QED) is 0.751. The van der Waals surface area contributed by atoms with Crippen LogP contribution in [-0.4, -0.2) is 54.8 Å². The van der Waals surface area contributed by atoms with Crippen LogP contribution in [0.25, 0.3) is 0 Å². The first-order valence-corrected chi connectivity index (χ1v) is 12.4. The molecule has 1 atom stereocenters. The molecule has 5 nitrogen and oxygen atoms in total. The van der Waals surface area contributed by atoms with Crippen LogP contribution in [0, 0.1) is 11.3 Å². The molecule has 1 N–H and O–H groups in total. The summed E-state index contributed by atoms with van der Waals surface area (Å²) in [5.74, 6) is 0.552. The molecule has 1 aliphatic heterocycles. The highest BCUT2D eigenvalue weighted by Crippen LogP contribution is 2.44. The molecular formula is C23H31N3O2S2. The van der Waals surface area contributed by atoms with E-state index in [4.69, 9.17) is 0 Å². The monoisotopic (exact) mass is 445 g/mol.